The van der Waals surface area contributed by atoms with E-state index in [0.29, 0.717) is 10.8 Å². The minimum atomic E-state index is -0.476. The van der Waals surface area contributed by atoms with Gasteiger partial charge in [0, 0.05) is 11.7 Å². The van der Waals surface area contributed by atoms with Gasteiger partial charge >= 0.3 is 5.97 Å². The largest absolute Gasteiger partial charge is 0.455 e. The molecule has 2 heterocycles. The molecule has 0 saturated carbocycles. The molecule has 0 spiro atoms. The smallest absolute Gasteiger partial charge is 0.316 e. The van der Waals surface area contributed by atoms with Gasteiger partial charge in [-0.2, -0.15) is 0 Å². The molecule has 6 nitrogen and oxygen atoms in total. The van der Waals surface area contributed by atoms with Crippen LogP contribution in [0.2, 0.25) is 0 Å². The first-order chi connectivity index (χ1) is 13.1. The zero-order valence-corrected chi connectivity index (χ0v) is 15.6. The molecular weight excluding hydrogens is 364 g/mol. The summed E-state index contributed by atoms with van der Waals surface area (Å²) in [7, 11) is 0. The summed E-state index contributed by atoms with van der Waals surface area (Å²) >= 11 is 1.15. The molecule has 0 bridgehead atoms. The number of rotatable bonds is 5. The summed E-state index contributed by atoms with van der Waals surface area (Å²) in [5.74, 6) is -0.657. The van der Waals surface area contributed by atoms with E-state index < -0.39 is 5.97 Å². The van der Waals surface area contributed by atoms with E-state index in [1.165, 1.54) is 0 Å². The molecule has 0 unspecified atom stereocenters. The molecule has 1 amide bonds. The van der Waals surface area contributed by atoms with Crippen LogP contribution in [0.15, 0.2) is 58.2 Å². The monoisotopic (exact) mass is 382 g/mol. The number of hydrogen-bond acceptors (Lipinski definition) is 6. The van der Waals surface area contributed by atoms with Gasteiger partial charge in [0.2, 0.25) is 0 Å². The highest BCUT2D eigenvalue weighted by Crippen LogP contribution is 2.31. The summed E-state index contributed by atoms with van der Waals surface area (Å²) in [6.45, 7) is 1.72. The lowest BCUT2D eigenvalue weighted by atomic mass is 10.1. The zero-order chi connectivity index (χ0) is 18.8. The number of nitrogens with zero attached hydrogens (tertiary/aromatic N) is 2. The molecule has 138 valence electrons. The number of amides is 1. The molecule has 3 aromatic rings. The molecule has 0 saturated heterocycles. The number of anilines is 1. The van der Waals surface area contributed by atoms with Gasteiger partial charge in [-0.25, -0.2) is 4.98 Å². The highest BCUT2D eigenvalue weighted by Gasteiger charge is 2.30. The number of aromatic nitrogens is 1. The Hall–Kier alpha value is -2.80. The minimum Gasteiger partial charge on any atom is -0.455 e. The lowest BCUT2D eigenvalue weighted by Crippen LogP contribution is -2.38. The van der Waals surface area contributed by atoms with Crippen LogP contribution in [0.4, 0.5) is 5.69 Å². The van der Waals surface area contributed by atoms with Crippen molar-refractivity contribution in [3.8, 4) is 0 Å². The molecule has 0 aliphatic carbocycles. The van der Waals surface area contributed by atoms with Crippen molar-refractivity contribution < 1.29 is 18.7 Å². The molecule has 1 atom stereocenters. The van der Waals surface area contributed by atoms with Crippen LogP contribution in [0.1, 0.15) is 12.5 Å². The van der Waals surface area contributed by atoms with Crippen LogP contribution in [0.25, 0.3) is 11.1 Å². The standard InChI is InChI=1S/C20H18N2O4S/c1-13-10-14-6-2-4-8-16(14)22(13)18(23)11-25-19(24)12-27-20-21-15-7-3-5-9-17(15)26-20/h2-9,13H,10-12H2,1H3/t13-/m1/s1. The van der Waals surface area contributed by atoms with Gasteiger partial charge < -0.3 is 14.1 Å². The third-order valence-electron chi connectivity index (χ3n) is 4.42. The number of benzene rings is 2. The second-order valence-corrected chi connectivity index (χ2v) is 7.27. The molecule has 7 heteroatoms. The van der Waals surface area contributed by atoms with Crippen LogP contribution in [0, 0.1) is 0 Å². The number of carbonyl (C=O) groups excluding carboxylic acids is 2. The number of oxazole rings is 1. The first-order valence-electron chi connectivity index (χ1n) is 8.66. The van der Waals surface area contributed by atoms with Gasteiger partial charge in [-0.1, -0.05) is 42.1 Å². The molecule has 4 rings (SSSR count). The summed E-state index contributed by atoms with van der Waals surface area (Å²) in [6.07, 6.45) is 0.809. The Balaban J connectivity index is 1.31. The molecule has 0 N–H and O–H groups in total. The van der Waals surface area contributed by atoms with Gasteiger partial charge in [-0.05, 0) is 37.1 Å². The maximum atomic E-state index is 12.5. The average Bonchev–Trinajstić information content (AvgIpc) is 3.23. The highest BCUT2D eigenvalue weighted by atomic mass is 32.2. The first-order valence-corrected chi connectivity index (χ1v) is 9.64. The fourth-order valence-electron chi connectivity index (χ4n) is 3.23. The fraction of sp³-hybridized carbons (Fsp3) is 0.250. The Morgan fingerprint density at radius 3 is 2.85 bits per heavy atom. The number of carbonyl (C=O) groups is 2. The number of esters is 1. The molecule has 27 heavy (non-hydrogen) atoms. The molecular formula is C20H18N2O4S. The molecule has 2 aromatic carbocycles. The van der Waals surface area contributed by atoms with Crippen molar-refractivity contribution in [3.05, 3.63) is 54.1 Å². The lowest BCUT2D eigenvalue weighted by Gasteiger charge is -2.22. The molecule has 0 radical (unpaired) electrons. The molecule has 1 aromatic heterocycles. The molecule has 0 fully saturated rings. The highest BCUT2D eigenvalue weighted by molar-refractivity contribution is 7.99. The Labute approximate surface area is 160 Å². The minimum absolute atomic E-state index is 0.0340. The SMILES string of the molecule is C[C@@H]1Cc2ccccc2N1C(=O)COC(=O)CSc1nc2ccccc2o1. The van der Waals surface area contributed by atoms with Gasteiger partial charge in [0.25, 0.3) is 11.1 Å². The van der Waals surface area contributed by atoms with Crippen LogP contribution in [0.5, 0.6) is 0 Å². The maximum absolute atomic E-state index is 12.5. The fourth-order valence-corrected chi connectivity index (χ4v) is 3.87. The Bertz CT molecular complexity index is 967. The Kier molecular flexibility index (Phi) is 4.85. The average molecular weight is 382 g/mol. The third kappa shape index (κ3) is 3.68. The number of fused-ring (bicyclic) bond motifs is 2. The van der Waals surface area contributed by atoms with E-state index in [2.05, 4.69) is 4.98 Å². The number of thioether (sulfide) groups is 1. The van der Waals surface area contributed by atoms with Crippen molar-refractivity contribution in [1.29, 1.82) is 0 Å². The predicted octanol–water partition coefficient (Wildman–Crippen LogP) is 3.44. The normalized spacial score (nSPS) is 15.7. The number of para-hydroxylation sites is 3. The summed E-state index contributed by atoms with van der Waals surface area (Å²) in [6, 6.07) is 15.2. The summed E-state index contributed by atoms with van der Waals surface area (Å²) < 4.78 is 10.7. The quantitative estimate of drug-likeness (QED) is 0.497. The van der Waals surface area contributed by atoms with Crippen LogP contribution in [0.3, 0.4) is 0 Å². The second-order valence-electron chi connectivity index (χ2n) is 6.34. The first kappa shape index (κ1) is 17.6. The number of hydrogen-bond donors (Lipinski definition) is 0. The summed E-state index contributed by atoms with van der Waals surface area (Å²) in [5.41, 5.74) is 3.44. The van der Waals surface area contributed by atoms with E-state index in [4.69, 9.17) is 9.15 Å². The van der Waals surface area contributed by atoms with Crippen molar-refractivity contribution in [2.45, 2.75) is 24.6 Å². The van der Waals surface area contributed by atoms with Crippen LogP contribution in [-0.4, -0.2) is 35.3 Å². The van der Waals surface area contributed by atoms with E-state index in [1.54, 1.807) is 4.90 Å². The number of ether oxygens (including phenoxy) is 1. The van der Waals surface area contributed by atoms with Crippen LogP contribution < -0.4 is 4.90 Å². The van der Waals surface area contributed by atoms with E-state index in [0.717, 1.165) is 35.0 Å². The molecule has 1 aliphatic rings. The van der Waals surface area contributed by atoms with E-state index in [1.807, 2.05) is 55.5 Å². The van der Waals surface area contributed by atoms with Crippen LogP contribution in [-0.2, 0) is 20.7 Å². The van der Waals surface area contributed by atoms with Crippen molar-refractivity contribution in [2.24, 2.45) is 0 Å². The van der Waals surface area contributed by atoms with Crippen LogP contribution >= 0.6 is 11.8 Å². The predicted molar refractivity (Wildman–Crippen MR) is 103 cm³/mol. The van der Waals surface area contributed by atoms with E-state index in [9.17, 15) is 9.59 Å². The van der Waals surface area contributed by atoms with Gasteiger partial charge in [0.15, 0.2) is 12.2 Å². The summed E-state index contributed by atoms with van der Waals surface area (Å²) in [5, 5.41) is 0.404. The van der Waals surface area contributed by atoms with Crippen molar-refractivity contribution in [3.63, 3.8) is 0 Å². The van der Waals surface area contributed by atoms with Gasteiger partial charge in [-0.3, -0.25) is 9.59 Å². The van der Waals surface area contributed by atoms with Gasteiger partial charge in [0.1, 0.15) is 11.3 Å². The molecule has 1 aliphatic heterocycles. The summed E-state index contributed by atoms with van der Waals surface area (Å²) in [4.78, 5) is 30.5. The maximum Gasteiger partial charge on any atom is 0.316 e. The van der Waals surface area contributed by atoms with Crippen molar-refractivity contribution in [2.75, 3.05) is 17.3 Å². The van der Waals surface area contributed by atoms with Gasteiger partial charge in [0.05, 0.1) is 0 Å². The Morgan fingerprint density at radius 1 is 1.22 bits per heavy atom. The third-order valence-corrected chi connectivity index (χ3v) is 5.22. The van der Waals surface area contributed by atoms with E-state index in [-0.39, 0.29) is 24.3 Å². The Morgan fingerprint density at radius 2 is 2.00 bits per heavy atom. The lowest BCUT2D eigenvalue weighted by molar-refractivity contribution is -0.145. The van der Waals surface area contributed by atoms with Crippen molar-refractivity contribution >= 4 is 40.4 Å². The van der Waals surface area contributed by atoms with Crippen molar-refractivity contribution in [1.82, 2.24) is 4.98 Å². The van der Waals surface area contributed by atoms with E-state index >= 15 is 0 Å². The second kappa shape index (κ2) is 7.44. The zero-order valence-electron chi connectivity index (χ0n) is 14.8. The van der Waals surface area contributed by atoms with Gasteiger partial charge in [-0.15, -0.1) is 0 Å². The topological polar surface area (TPSA) is 72.6 Å².